The molecule has 6 aromatic rings. The molecular formula is C47H56N6O8. The number of methoxy groups -OCH3 is 2. The molecule has 6 rings (SSSR count). The molecule has 0 aliphatic carbocycles. The van der Waals surface area contributed by atoms with E-state index >= 15 is 0 Å². The molecule has 322 valence electrons. The van der Waals surface area contributed by atoms with Gasteiger partial charge >= 0.3 is 11.9 Å². The molecular weight excluding hydrogens is 777 g/mol. The first-order valence-electron chi connectivity index (χ1n) is 18.9. The second kappa shape index (κ2) is 22.8. The molecule has 14 heteroatoms. The summed E-state index contributed by atoms with van der Waals surface area (Å²) in [6, 6.07) is 38.9. The van der Waals surface area contributed by atoms with Crippen molar-refractivity contribution in [3.63, 3.8) is 0 Å². The van der Waals surface area contributed by atoms with E-state index in [1.807, 2.05) is 133 Å². The largest absolute Gasteiger partial charge is 0.489 e. The summed E-state index contributed by atoms with van der Waals surface area (Å²) in [6.45, 7) is 3.71. The van der Waals surface area contributed by atoms with E-state index in [4.69, 9.17) is 18.9 Å². The number of rotatable bonds is 14. The van der Waals surface area contributed by atoms with Crippen LogP contribution in [0.1, 0.15) is 84.0 Å². The molecule has 0 fully saturated rings. The molecule has 0 amide bonds. The fraction of sp³-hybridized carbons (Fsp3) is 0.277. The number of hydrogen-bond acceptors (Lipinski definition) is 12. The van der Waals surface area contributed by atoms with Gasteiger partial charge in [0.2, 0.25) is 23.4 Å². The van der Waals surface area contributed by atoms with E-state index in [0.717, 1.165) is 22.3 Å². The van der Waals surface area contributed by atoms with E-state index < -0.39 is 23.1 Å². The minimum Gasteiger partial charge on any atom is -0.489 e. The summed E-state index contributed by atoms with van der Waals surface area (Å²) in [5.41, 5.74) is 2.79. The van der Waals surface area contributed by atoms with Crippen LogP contribution < -0.4 is 30.8 Å². The second-order valence-electron chi connectivity index (χ2n) is 13.0. The van der Waals surface area contributed by atoms with Gasteiger partial charge in [-0.25, -0.2) is 19.6 Å². The first-order valence-corrected chi connectivity index (χ1v) is 18.9. The summed E-state index contributed by atoms with van der Waals surface area (Å²) in [4.78, 5) is 61.2. The summed E-state index contributed by atoms with van der Waals surface area (Å²) in [7, 11) is 7.67. The fourth-order valence-corrected chi connectivity index (χ4v) is 6.44. The predicted octanol–water partition coefficient (Wildman–Crippen LogP) is 7.63. The van der Waals surface area contributed by atoms with Crippen LogP contribution in [0.15, 0.2) is 131 Å². The van der Waals surface area contributed by atoms with Gasteiger partial charge in [0, 0.05) is 21.1 Å². The van der Waals surface area contributed by atoms with E-state index in [2.05, 4.69) is 15.3 Å². The minimum atomic E-state index is -0.707. The number of hydrogen-bond donors (Lipinski definition) is 1. The third-order valence-electron chi connectivity index (χ3n) is 9.29. The zero-order chi connectivity index (χ0) is 42.5. The molecule has 0 spiro atoms. The van der Waals surface area contributed by atoms with Gasteiger partial charge in [0.1, 0.15) is 0 Å². The van der Waals surface area contributed by atoms with Crippen LogP contribution in [0.25, 0.3) is 0 Å². The Bertz CT molecular complexity index is 2360. The Morgan fingerprint density at radius 2 is 0.967 bits per heavy atom. The van der Waals surface area contributed by atoms with Gasteiger partial charge in [-0.15, -0.1) is 0 Å². The Labute approximate surface area is 357 Å². The molecule has 0 aliphatic rings. The molecule has 1 N–H and O–H groups in total. The fourth-order valence-electron chi connectivity index (χ4n) is 6.44. The number of carbonyl (C=O) groups is 2. The number of esters is 2. The average Bonchev–Trinajstić information content (AvgIpc) is 3.26. The van der Waals surface area contributed by atoms with E-state index in [-0.39, 0.29) is 69.0 Å². The first-order chi connectivity index (χ1) is 28.6. The van der Waals surface area contributed by atoms with Crippen molar-refractivity contribution in [2.75, 3.05) is 44.7 Å². The highest BCUT2D eigenvalue weighted by atomic mass is 16.5. The number of ether oxygens (including phenoxy) is 4. The number of nitrogens with zero attached hydrogens (tertiary/aromatic N) is 5. The molecule has 0 saturated carbocycles. The van der Waals surface area contributed by atoms with E-state index in [0.29, 0.717) is 5.95 Å². The Kier molecular flexibility index (Phi) is 18.0. The van der Waals surface area contributed by atoms with Gasteiger partial charge in [0.05, 0.1) is 39.5 Å². The molecule has 4 aromatic carbocycles. The van der Waals surface area contributed by atoms with Gasteiger partial charge in [-0.3, -0.25) is 18.7 Å². The molecule has 0 radical (unpaired) electrons. The monoisotopic (exact) mass is 832 g/mol. The molecule has 2 aromatic heterocycles. The van der Waals surface area contributed by atoms with Gasteiger partial charge in [0.25, 0.3) is 11.1 Å². The van der Waals surface area contributed by atoms with E-state index in [1.165, 1.54) is 23.4 Å². The number of nitrogens with one attached hydrogen (secondary N) is 1. The van der Waals surface area contributed by atoms with Crippen molar-refractivity contribution >= 4 is 23.8 Å². The highest BCUT2D eigenvalue weighted by Crippen LogP contribution is 2.31. The highest BCUT2D eigenvalue weighted by molar-refractivity contribution is 5.91. The molecule has 0 unspecified atom stereocenters. The average molecular weight is 833 g/mol. The minimum absolute atomic E-state index is 0. The number of anilines is 2. The lowest BCUT2D eigenvalue weighted by molar-refractivity contribution is 0.0505. The van der Waals surface area contributed by atoms with Crippen LogP contribution in [0, 0.1) is 0 Å². The Hall–Kier alpha value is -7.22. The number of aromatic nitrogens is 4. The predicted molar refractivity (Wildman–Crippen MR) is 239 cm³/mol. The molecule has 0 aliphatic heterocycles. The van der Waals surface area contributed by atoms with Crippen LogP contribution in [0.3, 0.4) is 0 Å². The summed E-state index contributed by atoms with van der Waals surface area (Å²) >= 11 is 0. The van der Waals surface area contributed by atoms with Crippen molar-refractivity contribution in [1.29, 1.82) is 0 Å². The number of benzene rings is 4. The van der Waals surface area contributed by atoms with Crippen LogP contribution in [-0.2, 0) is 23.6 Å². The van der Waals surface area contributed by atoms with Crippen molar-refractivity contribution in [2.24, 2.45) is 14.1 Å². The van der Waals surface area contributed by atoms with Crippen LogP contribution in [0.2, 0.25) is 0 Å². The molecule has 0 atom stereocenters. The van der Waals surface area contributed by atoms with Crippen molar-refractivity contribution in [3.05, 3.63) is 176 Å². The van der Waals surface area contributed by atoms with Gasteiger partial charge in [0.15, 0.2) is 11.4 Å². The van der Waals surface area contributed by atoms with Crippen molar-refractivity contribution in [3.8, 4) is 11.5 Å². The molecule has 0 bridgehead atoms. The molecule has 2 heterocycles. The van der Waals surface area contributed by atoms with Gasteiger partial charge in [-0.1, -0.05) is 136 Å². The Morgan fingerprint density at radius 1 is 0.607 bits per heavy atom. The second-order valence-corrected chi connectivity index (χ2v) is 13.0. The normalized spacial score (nSPS) is 10.3. The van der Waals surface area contributed by atoms with Gasteiger partial charge in [-0.2, -0.15) is 0 Å². The maximum atomic E-state index is 12.9. The Morgan fingerprint density at radius 3 is 1.34 bits per heavy atom. The zero-order valence-electron chi connectivity index (χ0n) is 34.1. The number of carbonyl (C=O) groups excluding carboxylic acids is 2. The summed E-state index contributed by atoms with van der Waals surface area (Å²) in [5, 5.41) is 3.30. The summed E-state index contributed by atoms with van der Waals surface area (Å²) in [5.74, 6) is -1.13. The Balaban J connectivity index is 0.000000315. The SMILES string of the molecule is C.C.CCOC(=O)c1nc(N(C)C(c2ccccc2)c2ccccc2)n(C)c(=O)c1OC.CCOC(=O)c1nc(NC(c2ccccc2)c2ccccc2)n(C)c(=O)c1OC. The third kappa shape index (κ3) is 11.1. The molecule has 0 saturated heterocycles. The zero-order valence-corrected chi connectivity index (χ0v) is 34.1. The lowest BCUT2D eigenvalue weighted by Gasteiger charge is -2.31. The highest BCUT2D eigenvalue weighted by Gasteiger charge is 2.28. The van der Waals surface area contributed by atoms with Crippen LogP contribution in [-0.4, -0.2) is 65.5 Å². The first kappa shape index (κ1) is 48.2. The summed E-state index contributed by atoms with van der Waals surface area (Å²) < 4.78 is 23.1. The third-order valence-corrected chi connectivity index (χ3v) is 9.29. The lowest BCUT2D eigenvalue weighted by atomic mass is 9.98. The van der Waals surface area contributed by atoms with Crippen LogP contribution in [0.5, 0.6) is 11.5 Å². The van der Waals surface area contributed by atoms with Crippen LogP contribution in [0.4, 0.5) is 11.9 Å². The maximum absolute atomic E-state index is 12.9. The van der Waals surface area contributed by atoms with Crippen molar-refractivity contribution < 1.29 is 28.5 Å². The van der Waals surface area contributed by atoms with Crippen molar-refractivity contribution in [2.45, 2.75) is 40.8 Å². The van der Waals surface area contributed by atoms with E-state index in [1.54, 1.807) is 27.9 Å². The molecule has 14 nitrogen and oxygen atoms in total. The van der Waals surface area contributed by atoms with Crippen molar-refractivity contribution in [1.82, 2.24) is 19.1 Å². The topological polar surface area (TPSA) is 156 Å². The van der Waals surface area contributed by atoms with Gasteiger partial charge < -0.3 is 29.2 Å². The quantitative estimate of drug-likeness (QED) is 0.107. The van der Waals surface area contributed by atoms with Crippen LogP contribution >= 0.6 is 0 Å². The smallest absolute Gasteiger partial charge is 0.361 e. The maximum Gasteiger partial charge on any atom is 0.361 e. The standard InChI is InChI=1S/C23H25N3O4.C22H23N3O4.2CH4/c1-5-30-22(28)18-20(29-4)21(27)26(3)23(24-18)25(2)19(16-12-8-6-9-13-16)17-14-10-7-11-15-17;1-4-29-21(27)18-19(28-3)20(26)25(2)22(24-18)23-17(15-11-7-5-8-12-15)16-13-9-6-10-14-16;;/h6-15,19H,5H2,1-4H3;5-14,17H,4H2,1-3H3,(H,23,24);2*1H4. The molecule has 61 heavy (non-hydrogen) atoms. The van der Waals surface area contributed by atoms with Gasteiger partial charge in [-0.05, 0) is 36.1 Å². The van der Waals surface area contributed by atoms with E-state index in [9.17, 15) is 19.2 Å². The summed E-state index contributed by atoms with van der Waals surface area (Å²) in [6.07, 6.45) is 0. The lowest BCUT2D eigenvalue weighted by Crippen LogP contribution is -2.34.